The highest BCUT2D eigenvalue weighted by Gasteiger charge is 2.05. The zero-order chi connectivity index (χ0) is 13.0. The van der Waals surface area contributed by atoms with E-state index in [4.69, 9.17) is 11.6 Å². The quantitative estimate of drug-likeness (QED) is 0.886. The van der Waals surface area contributed by atoms with E-state index < -0.39 is 0 Å². The number of aryl methyl sites for hydroxylation is 1. The second-order valence-corrected chi connectivity index (χ2v) is 5.19. The van der Waals surface area contributed by atoms with E-state index in [2.05, 4.69) is 37.7 Å². The van der Waals surface area contributed by atoms with Gasteiger partial charge in [-0.25, -0.2) is 4.98 Å². The van der Waals surface area contributed by atoms with Gasteiger partial charge >= 0.3 is 0 Å². The first-order valence-electron chi connectivity index (χ1n) is 5.90. The molecule has 1 aromatic carbocycles. The van der Waals surface area contributed by atoms with Crippen LogP contribution in [0, 0.1) is 0 Å². The van der Waals surface area contributed by atoms with E-state index in [0.717, 1.165) is 29.0 Å². The van der Waals surface area contributed by atoms with E-state index in [1.807, 2.05) is 30.6 Å². The molecular formula is C13H15BrClN3. The molecule has 0 amide bonds. The average molecular weight is 329 g/mol. The molecule has 0 aliphatic heterocycles. The van der Waals surface area contributed by atoms with Crippen molar-refractivity contribution in [1.82, 2.24) is 9.55 Å². The van der Waals surface area contributed by atoms with Crippen molar-refractivity contribution in [3.05, 3.63) is 45.9 Å². The van der Waals surface area contributed by atoms with Crippen LogP contribution in [-0.4, -0.2) is 9.55 Å². The van der Waals surface area contributed by atoms with Crippen LogP contribution in [0.2, 0.25) is 5.02 Å². The van der Waals surface area contributed by atoms with Gasteiger partial charge in [0.25, 0.3) is 0 Å². The van der Waals surface area contributed by atoms with Crippen LogP contribution in [-0.2, 0) is 13.1 Å². The summed E-state index contributed by atoms with van der Waals surface area (Å²) in [4.78, 5) is 4.35. The molecule has 18 heavy (non-hydrogen) atoms. The molecule has 1 aromatic heterocycles. The summed E-state index contributed by atoms with van der Waals surface area (Å²) in [6, 6.07) is 5.77. The molecule has 0 saturated heterocycles. The molecule has 0 aliphatic rings. The molecule has 2 rings (SSSR count). The maximum atomic E-state index is 6.05. The highest BCUT2D eigenvalue weighted by molar-refractivity contribution is 9.10. The summed E-state index contributed by atoms with van der Waals surface area (Å²) in [5, 5.41) is 4.05. The molecule has 0 saturated carbocycles. The Morgan fingerprint density at radius 3 is 3.06 bits per heavy atom. The Morgan fingerprint density at radius 2 is 2.28 bits per heavy atom. The van der Waals surface area contributed by atoms with Gasteiger partial charge in [0.15, 0.2) is 0 Å². The van der Waals surface area contributed by atoms with Gasteiger partial charge in [-0.1, -0.05) is 24.6 Å². The zero-order valence-corrected chi connectivity index (χ0v) is 12.5. The molecule has 0 spiro atoms. The summed E-state index contributed by atoms with van der Waals surface area (Å²) in [6.07, 6.45) is 4.94. The van der Waals surface area contributed by atoms with Crippen LogP contribution in [0.4, 0.5) is 5.69 Å². The van der Waals surface area contributed by atoms with Crippen LogP contribution in [0.5, 0.6) is 0 Å². The molecule has 2 aromatic rings. The number of nitrogens with zero attached hydrogens (tertiary/aromatic N) is 2. The van der Waals surface area contributed by atoms with E-state index in [0.29, 0.717) is 11.6 Å². The fraction of sp³-hybridized carbons (Fsp3) is 0.308. The summed E-state index contributed by atoms with van der Waals surface area (Å²) < 4.78 is 3.05. The minimum absolute atomic E-state index is 0.686. The van der Waals surface area contributed by atoms with Gasteiger partial charge in [-0.05, 0) is 34.5 Å². The number of hydrogen-bond donors (Lipinski definition) is 1. The monoisotopic (exact) mass is 327 g/mol. The minimum atomic E-state index is 0.686. The van der Waals surface area contributed by atoms with E-state index in [9.17, 15) is 0 Å². The summed E-state index contributed by atoms with van der Waals surface area (Å²) in [6.45, 7) is 3.84. The lowest BCUT2D eigenvalue weighted by atomic mass is 10.3. The van der Waals surface area contributed by atoms with Gasteiger partial charge in [0.1, 0.15) is 5.82 Å². The largest absolute Gasteiger partial charge is 0.377 e. The maximum absolute atomic E-state index is 6.05. The van der Waals surface area contributed by atoms with Crippen molar-refractivity contribution < 1.29 is 0 Å². The first-order chi connectivity index (χ1) is 8.72. The Kier molecular flexibility index (Phi) is 4.66. The Morgan fingerprint density at radius 1 is 1.44 bits per heavy atom. The van der Waals surface area contributed by atoms with E-state index in [1.165, 1.54) is 0 Å². The number of halogens is 2. The van der Waals surface area contributed by atoms with Crippen molar-refractivity contribution in [2.24, 2.45) is 0 Å². The van der Waals surface area contributed by atoms with Crippen LogP contribution < -0.4 is 5.32 Å². The van der Waals surface area contributed by atoms with Gasteiger partial charge in [0.05, 0.1) is 21.7 Å². The Bertz CT molecular complexity index is 525. The molecule has 0 bridgehead atoms. The molecule has 5 heteroatoms. The van der Waals surface area contributed by atoms with Gasteiger partial charge in [0.2, 0.25) is 0 Å². The summed E-state index contributed by atoms with van der Waals surface area (Å²) in [7, 11) is 0. The van der Waals surface area contributed by atoms with Crippen LogP contribution in [0.3, 0.4) is 0 Å². The highest BCUT2D eigenvalue weighted by atomic mass is 79.9. The molecular weight excluding hydrogens is 314 g/mol. The fourth-order valence-corrected chi connectivity index (χ4v) is 2.35. The third-order valence-electron chi connectivity index (χ3n) is 2.65. The normalized spacial score (nSPS) is 10.6. The topological polar surface area (TPSA) is 29.9 Å². The van der Waals surface area contributed by atoms with Crippen molar-refractivity contribution in [3.63, 3.8) is 0 Å². The standard InChI is InChI=1S/C13H15BrClN3/c1-2-7-18-8-6-16-12(18)9-17-11-5-3-4-10(15)13(11)14/h3-6,8,17H,2,7,9H2,1H3. The van der Waals surface area contributed by atoms with Crippen molar-refractivity contribution in [3.8, 4) is 0 Å². The second kappa shape index (κ2) is 6.25. The lowest BCUT2D eigenvalue weighted by molar-refractivity contribution is 0.644. The predicted molar refractivity (Wildman–Crippen MR) is 79.0 cm³/mol. The van der Waals surface area contributed by atoms with Gasteiger partial charge in [-0.15, -0.1) is 0 Å². The molecule has 1 heterocycles. The number of nitrogens with one attached hydrogen (secondary N) is 1. The van der Waals surface area contributed by atoms with Crippen molar-refractivity contribution in [2.75, 3.05) is 5.32 Å². The summed E-state index contributed by atoms with van der Waals surface area (Å²) in [5.74, 6) is 1.03. The maximum Gasteiger partial charge on any atom is 0.128 e. The van der Waals surface area contributed by atoms with E-state index in [1.54, 1.807) is 0 Å². The number of benzene rings is 1. The van der Waals surface area contributed by atoms with Crippen molar-refractivity contribution in [1.29, 1.82) is 0 Å². The molecule has 0 unspecified atom stereocenters. The van der Waals surface area contributed by atoms with Crippen LogP contribution in [0.1, 0.15) is 19.2 Å². The first-order valence-corrected chi connectivity index (χ1v) is 7.07. The number of anilines is 1. The third-order valence-corrected chi connectivity index (χ3v) is 4.05. The summed E-state index contributed by atoms with van der Waals surface area (Å²) in [5.41, 5.74) is 0.980. The number of aromatic nitrogens is 2. The van der Waals surface area contributed by atoms with E-state index >= 15 is 0 Å². The van der Waals surface area contributed by atoms with Gasteiger partial charge in [0, 0.05) is 18.9 Å². The lowest BCUT2D eigenvalue weighted by Crippen LogP contribution is -2.08. The molecule has 96 valence electrons. The molecule has 0 aliphatic carbocycles. The Labute approximate surface area is 120 Å². The van der Waals surface area contributed by atoms with Gasteiger partial charge in [-0.3, -0.25) is 0 Å². The van der Waals surface area contributed by atoms with Crippen LogP contribution in [0.25, 0.3) is 0 Å². The fourth-order valence-electron chi connectivity index (χ4n) is 1.77. The van der Waals surface area contributed by atoms with Crippen LogP contribution in [0.15, 0.2) is 35.1 Å². The smallest absolute Gasteiger partial charge is 0.128 e. The number of hydrogen-bond acceptors (Lipinski definition) is 2. The molecule has 1 N–H and O–H groups in total. The molecule has 0 radical (unpaired) electrons. The van der Waals surface area contributed by atoms with Crippen molar-refractivity contribution >= 4 is 33.2 Å². The first kappa shape index (κ1) is 13.4. The number of imidazole rings is 1. The molecule has 0 fully saturated rings. The second-order valence-electron chi connectivity index (χ2n) is 3.99. The van der Waals surface area contributed by atoms with Crippen LogP contribution >= 0.6 is 27.5 Å². The summed E-state index contributed by atoms with van der Waals surface area (Å²) >= 11 is 9.52. The van der Waals surface area contributed by atoms with Crippen molar-refractivity contribution in [2.45, 2.75) is 26.4 Å². The third kappa shape index (κ3) is 3.06. The van der Waals surface area contributed by atoms with E-state index in [-0.39, 0.29) is 0 Å². The van der Waals surface area contributed by atoms with Gasteiger partial charge < -0.3 is 9.88 Å². The van der Waals surface area contributed by atoms with Gasteiger partial charge in [-0.2, -0.15) is 0 Å². The molecule has 3 nitrogen and oxygen atoms in total. The average Bonchev–Trinajstić information content (AvgIpc) is 2.79. The zero-order valence-electron chi connectivity index (χ0n) is 10.2. The Balaban J connectivity index is 2.07. The molecule has 0 atom stereocenters. The lowest BCUT2D eigenvalue weighted by Gasteiger charge is -2.10. The minimum Gasteiger partial charge on any atom is -0.377 e. The highest BCUT2D eigenvalue weighted by Crippen LogP contribution is 2.30. The number of rotatable bonds is 5. The predicted octanol–water partition coefficient (Wildman–Crippen LogP) is 4.32. The SMILES string of the molecule is CCCn1ccnc1CNc1cccc(Cl)c1Br. The Hall–Kier alpha value is -1.000.